The first kappa shape index (κ1) is 13.8. The molecule has 1 aromatic rings. The summed E-state index contributed by atoms with van der Waals surface area (Å²) in [4.78, 5) is 0. The van der Waals surface area contributed by atoms with E-state index in [1.165, 1.54) is 0 Å². The normalized spacial score (nSPS) is 26.9. The van der Waals surface area contributed by atoms with Crippen LogP contribution in [0.4, 0.5) is 0 Å². The second-order valence-electron chi connectivity index (χ2n) is 5.79. The van der Waals surface area contributed by atoms with Gasteiger partial charge in [0.15, 0.2) is 0 Å². The monoisotopic (exact) mass is 266 g/mol. The van der Waals surface area contributed by atoms with Crippen molar-refractivity contribution in [2.75, 3.05) is 18.1 Å². The Morgan fingerprint density at radius 3 is 2.67 bits per heavy atom. The molecule has 3 heteroatoms. The fourth-order valence-corrected chi connectivity index (χ4v) is 4.05. The van der Waals surface area contributed by atoms with Gasteiger partial charge in [-0.15, -0.1) is 0 Å². The van der Waals surface area contributed by atoms with Crippen molar-refractivity contribution in [1.29, 1.82) is 0 Å². The van der Waals surface area contributed by atoms with Gasteiger partial charge in [0.05, 0.1) is 6.61 Å². The molecule has 2 rings (SSSR count). The van der Waals surface area contributed by atoms with Gasteiger partial charge >= 0.3 is 0 Å². The van der Waals surface area contributed by atoms with Crippen molar-refractivity contribution in [2.45, 2.75) is 32.8 Å². The summed E-state index contributed by atoms with van der Waals surface area (Å²) in [5.74, 6) is 2.67. The number of thioether (sulfide) groups is 1. The van der Waals surface area contributed by atoms with Crippen LogP contribution >= 0.6 is 11.8 Å². The van der Waals surface area contributed by atoms with E-state index in [-0.39, 0.29) is 5.41 Å². The van der Waals surface area contributed by atoms with Crippen molar-refractivity contribution >= 4 is 11.8 Å². The van der Waals surface area contributed by atoms with Gasteiger partial charge in [-0.25, -0.2) is 0 Å². The van der Waals surface area contributed by atoms with Crippen LogP contribution in [-0.4, -0.2) is 23.2 Å². The van der Waals surface area contributed by atoms with Crippen molar-refractivity contribution in [1.82, 2.24) is 0 Å². The Balaban J connectivity index is 2.34. The van der Waals surface area contributed by atoms with Gasteiger partial charge in [-0.1, -0.05) is 32.0 Å². The van der Waals surface area contributed by atoms with Crippen LogP contribution in [0.3, 0.4) is 0 Å². The number of hydrogen-bond acceptors (Lipinski definition) is 3. The van der Waals surface area contributed by atoms with Gasteiger partial charge in [0.2, 0.25) is 0 Å². The van der Waals surface area contributed by atoms with Crippen LogP contribution in [0, 0.1) is 5.41 Å². The highest BCUT2D eigenvalue weighted by Crippen LogP contribution is 2.46. The van der Waals surface area contributed by atoms with Crippen molar-refractivity contribution in [2.24, 2.45) is 5.41 Å². The summed E-state index contributed by atoms with van der Waals surface area (Å²) in [5.41, 5.74) is 0.335. The molecule has 1 aromatic carbocycles. The maximum atomic E-state index is 11.0. The topological polar surface area (TPSA) is 29.5 Å². The summed E-state index contributed by atoms with van der Waals surface area (Å²) in [7, 11) is 0. The molecule has 2 nitrogen and oxygen atoms in total. The molecule has 18 heavy (non-hydrogen) atoms. The first-order valence-corrected chi connectivity index (χ1v) is 7.65. The van der Waals surface area contributed by atoms with E-state index in [0.29, 0.717) is 6.61 Å². The molecule has 0 saturated carbocycles. The average Bonchev–Trinajstić information content (AvgIpc) is 2.28. The molecule has 1 heterocycles. The molecule has 0 amide bonds. The summed E-state index contributed by atoms with van der Waals surface area (Å²) in [6, 6.07) is 7.87. The summed E-state index contributed by atoms with van der Waals surface area (Å²) >= 11 is 1.82. The molecular weight excluding hydrogens is 244 g/mol. The molecule has 0 aliphatic carbocycles. The number of ether oxygens (including phenoxy) is 1. The first-order chi connectivity index (χ1) is 8.47. The van der Waals surface area contributed by atoms with E-state index in [4.69, 9.17) is 4.74 Å². The zero-order valence-corrected chi connectivity index (χ0v) is 12.2. The van der Waals surface area contributed by atoms with Crippen LogP contribution in [-0.2, 0) is 5.60 Å². The lowest BCUT2D eigenvalue weighted by molar-refractivity contribution is 0.0133. The number of para-hydroxylation sites is 1. The van der Waals surface area contributed by atoms with Crippen LogP contribution in [0.5, 0.6) is 5.75 Å². The van der Waals surface area contributed by atoms with Gasteiger partial charge in [-0.3, -0.25) is 0 Å². The molecule has 1 fully saturated rings. The van der Waals surface area contributed by atoms with Crippen LogP contribution in [0.1, 0.15) is 32.8 Å². The Hall–Kier alpha value is -0.670. The minimum absolute atomic E-state index is 0.164. The van der Waals surface area contributed by atoms with Crippen LogP contribution in [0.15, 0.2) is 24.3 Å². The lowest BCUT2D eigenvalue weighted by Crippen LogP contribution is -2.40. The van der Waals surface area contributed by atoms with Crippen molar-refractivity contribution in [3.63, 3.8) is 0 Å². The molecule has 1 N–H and O–H groups in total. The lowest BCUT2D eigenvalue weighted by atomic mass is 9.78. The summed E-state index contributed by atoms with van der Waals surface area (Å²) in [6.45, 7) is 7.03. The van der Waals surface area contributed by atoms with Crippen LogP contribution < -0.4 is 4.74 Å². The lowest BCUT2D eigenvalue weighted by Gasteiger charge is -2.41. The van der Waals surface area contributed by atoms with E-state index in [0.717, 1.165) is 29.2 Å². The Labute approximate surface area is 114 Å². The van der Waals surface area contributed by atoms with E-state index < -0.39 is 5.60 Å². The smallest absolute Gasteiger partial charge is 0.125 e. The summed E-state index contributed by atoms with van der Waals surface area (Å²) in [5, 5.41) is 11.0. The van der Waals surface area contributed by atoms with E-state index in [1.807, 2.05) is 43.0 Å². The van der Waals surface area contributed by atoms with E-state index in [1.54, 1.807) is 0 Å². The van der Waals surface area contributed by atoms with Gasteiger partial charge in [0, 0.05) is 11.3 Å². The molecule has 100 valence electrons. The maximum absolute atomic E-state index is 11.0. The Morgan fingerprint density at radius 2 is 2.00 bits per heavy atom. The van der Waals surface area contributed by atoms with E-state index >= 15 is 0 Å². The summed E-state index contributed by atoms with van der Waals surface area (Å²) < 4.78 is 5.65. The van der Waals surface area contributed by atoms with Crippen LogP contribution in [0.2, 0.25) is 0 Å². The van der Waals surface area contributed by atoms with E-state index in [2.05, 4.69) is 13.8 Å². The second-order valence-corrected chi connectivity index (χ2v) is 6.78. The van der Waals surface area contributed by atoms with Crippen LogP contribution in [0.25, 0.3) is 0 Å². The second kappa shape index (κ2) is 5.14. The quantitative estimate of drug-likeness (QED) is 0.909. The van der Waals surface area contributed by atoms with Crippen molar-refractivity contribution in [3.8, 4) is 5.75 Å². The number of aliphatic hydroxyl groups is 1. The van der Waals surface area contributed by atoms with Gasteiger partial charge in [0.25, 0.3) is 0 Å². The molecule has 0 aromatic heterocycles. The minimum Gasteiger partial charge on any atom is -0.493 e. The molecule has 1 unspecified atom stereocenters. The zero-order valence-electron chi connectivity index (χ0n) is 11.4. The van der Waals surface area contributed by atoms with Crippen molar-refractivity contribution < 1.29 is 9.84 Å². The first-order valence-electron chi connectivity index (χ1n) is 6.49. The molecule has 1 aliphatic rings. The standard InChI is InChI=1S/C15H22O2S/c1-4-17-13-8-6-5-7-12(13)15(16)9-14(2,3)10-18-11-15/h5-8,16H,4,9-11H2,1-3H3. The highest BCUT2D eigenvalue weighted by molar-refractivity contribution is 7.99. The number of hydrogen-bond donors (Lipinski definition) is 1. The Morgan fingerprint density at radius 1 is 1.28 bits per heavy atom. The third-order valence-corrected chi connectivity index (χ3v) is 4.96. The molecule has 0 spiro atoms. The van der Waals surface area contributed by atoms with Gasteiger partial charge < -0.3 is 9.84 Å². The van der Waals surface area contributed by atoms with Gasteiger partial charge in [0.1, 0.15) is 11.4 Å². The zero-order chi connectivity index (χ0) is 13.2. The SMILES string of the molecule is CCOc1ccccc1C1(O)CSCC(C)(C)C1. The third kappa shape index (κ3) is 2.83. The predicted molar refractivity (Wildman–Crippen MR) is 77.2 cm³/mol. The largest absolute Gasteiger partial charge is 0.493 e. The number of benzene rings is 1. The van der Waals surface area contributed by atoms with Gasteiger partial charge in [-0.05, 0) is 30.6 Å². The summed E-state index contributed by atoms with van der Waals surface area (Å²) in [6.07, 6.45) is 0.789. The van der Waals surface area contributed by atoms with Crippen molar-refractivity contribution in [3.05, 3.63) is 29.8 Å². The highest BCUT2D eigenvalue weighted by Gasteiger charge is 2.41. The Bertz CT molecular complexity index is 417. The predicted octanol–water partition coefficient (Wildman–Crippen LogP) is 3.44. The van der Waals surface area contributed by atoms with E-state index in [9.17, 15) is 5.11 Å². The molecule has 1 atom stereocenters. The maximum Gasteiger partial charge on any atom is 0.125 e. The molecule has 0 bridgehead atoms. The average molecular weight is 266 g/mol. The molecule has 0 radical (unpaired) electrons. The molecule has 1 aliphatic heterocycles. The fraction of sp³-hybridized carbons (Fsp3) is 0.600. The molecule has 1 saturated heterocycles. The number of rotatable bonds is 3. The van der Waals surface area contributed by atoms with Gasteiger partial charge in [-0.2, -0.15) is 11.8 Å². The molecular formula is C15H22O2S. The third-order valence-electron chi connectivity index (χ3n) is 3.29. The highest BCUT2D eigenvalue weighted by atomic mass is 32.2. The fourth-order valence-electron chi connectivity index (χ4n) is 2.70. The Kier molecular flexibility index (Phi) is 3.93. The minimum atomic E-state index is -0.766.